The van der Waals surface area contributed by atoms with E-state index in [0.29, 0.717) is 6.61 Å². The summed E-state index contributed by atoms with van der Waals surface area (Å²) in [4.78, 5) is 2.36. The topological polar surface area (TPSA) is 35.5 Å². The van der Waals surface area contributed by atoms with E-state index < -0.39 is 0 Å². The Morgan fingerprint density at radius 1 is 1.12 bits per heavy atom. The van der Waals surface area contributed by atoms with E-state index in [2.05, 4.69) is 31.4 Å². The van der Waals surface area contributed by atoms with Crippen LogP contribution in [0.2, 0.25) is 0 Å². The van der Waals surface area contributed by atoms with Crippen LogP contribution in [-0.4, -0.2) is 82.0 Å². The summed E-state index contributed by atoms with van der Waals surface area (Å²) < 4.78 is 1.06. The monoisotopic (exact) mass is 232 g/mol. The minimum atomic E-state index is 0.317. The number of likely N-dealkylation sites (N-methyl/N-ethyl adjacent to an activating group) is 3. The molecule has 0 aromatic carbocycles. The van der Waals surface area contributed by atoms with Crippen LogP contribution < -0.4 is 5.32 Å². The molecule has 0 unspecified atom stereocenters. The van der Waals surface area contributed by atoms with Crippen LogP contribution >= 0.6 is 0 Å². The highest BCUT2D eigenvalue weighted by molar-refractivity contribution is 4.51. The number of quaternary nitrogens is 1. The number of hydrogen-bond acceptors (Lipinski definition) is 3. The van der Waals surface area contributed by atoms with E-state index in [4.69, 9.17) is 5.11 Å². The van der Waals surface area contributed by atoms with Gasteiger partial charge in [0.2, 0.25) is 0 Å². The molecule has 0 saturated carbocycles. The van der Waals surface area contributed by atoms with E-state index in [9.17, 15) is 0 Å². The highest BCUT2D eigenvalue weighted by Crippen LogP contribution is 1.98. The van der Waals surface area contributed by atoms with Crippen molar-refractivity contribution in [1.82, 2.24) is 10.2 Å². The first kappa shape index (κ1) is 15.8. The molecule has 0 radical (unpaired) electrons. The van der Waals surface area contributed by atoms with Gasteiger partial charge in [-0.15, -0.1) is 0 Å². The highest BCUT2D eigenvalue weighted by Gasteiger charge is 2.14. The number of hydrogen-bond donors (Lipinski definition) is 2. The van der Waals surface area contributed by atoms with Crippen LogP contribution in [0.5, 0.6) is 0 Å². The standard InChI is InChI=1S/C12H30N3O/c1-13-7-10-15(3,4)11-9-14(2)8-5-6-12-16/h13,16H,5-12H2,1-4H3/q+1. The molecule has 2 N–H and O–H groups in total. The summed E-state index contributed by atoms with van der Waals surface area (Å²) in [6.07, 6.45) is 2.01. The second kappa shape index (κ2) is 8.93. The molecule has 0 aliphatic carbocycles. The van der Waals surface area contributed by atoms with Crippen LogP contribution in [0, 0.1) is 0 Å². The molecule has 0 bridgehead atoms. The predicted molar refractivity (Wildman–Crippen MR) is 69.6 cm³/mol. The van der Waals surface area contributed by atoms with Gasteiger partial charge in [-0.25, -0.2) is 0 Å². The summed E-state index contributed by atoms with van der Waals surface area (Å²) in [7, 11) is 8.72. The molecule has 0 saturated heterocycles. The maximum absolute atomic E-state index is 8.71. The van der Waals surface area contributed by atoms with E-state index in [-0.39, 0.29) is 0 Å². The van der Waals surface area contributed by atoms with Gasteiger partial charge in [-0.1, -0.05) is 0 Å². The second-order valence-corrected chi connectivity index (χ2v) is 5.22. The molecule has 0 rings (SSSR count). The number of unbranched alkanes of at least 4 members (excludes halogenated alkanes) is 1. The van der Waals surface area contributed by atoms with Crippen molar-refractivity contribution in [3.05, 3.63) is 0 Å². The number of nitrogens with one attached hydrogen (secondary N) is 1. The maximum atomic E-state index is 8.71. The van der Waals surface area contributed by atoms with E-state index in [1.807, 2.05) is 7.05 Å². The molecule has 0 amide bonds. The Balaban J connectivity index is 3.59. The predicted octanol–water partition coefficient (Wildman–Crippen LogP) is -0.0135. The third-order valence-corrected chi connectivity index (χ3v) is 3.00. The summed E-state index contributed by atoms with van der Waals surface area (Å²) in [6, 6.07) is 0. The Kier molecular flexibility index (Phi) is 8.84. The van der Waals surface area contributed by atoms with Gasteiger partial charge in [-0.05, 0) is 33.5 Å². The van der Waals surface area contributed by atoms with Crippen molar-refractivity contribution in [3.8, 4) is 0 Å². The average Bonchev–Trinajstić information content (AvgIpc) is 2.24. The molecule has 0 aliphatic rings. The number of rotatable bonds is 10. The van der Waals surface area contributed by atoms with Gasteiger partial charge in [0.05, 0.1) is 27.2 Å². The van der Waals surface area contributed by atoms with Crippen LogP contribution in [0.3, 0.4) is 0 Å². The molecule has 0 heterocycles. The fourth-order valence-electron chi connectivity index (χ4n) is 1.57. The first-order valence-corrected chi connectivity index (χ1v) is 6.28. The third-order valence-electron chi connectivity index (χ3n) is 3.00. The molecule has 16 heavy (non-hydrogen) atoms. The van der Waals surface area contributed by atoms with Gasteiger partial charge >= 0.3 is 0 Å². The van der Waals surface area contributed by atoms with Gasteiger partial charge in [-0.2, -0.15) is 0 Å². The Morgan fingerprint density at radius 3 is 2.38 bits per heavy atom. The Hall–Kier alpha value is -0.160. The van der Waals surface area contributed by atoms with E-state index in [1.165, 1.54) is 13.1 Å². The van der Waals surface area contributed by atoms with Gasteiger partial charge in [0, 0.05) is 19.7 Å². The van der Waals surface area contributed by atoms with Crippen LogP contribution in [0.4, 0.5) is 0 Å². The lowest BCUT2D eigenvalue weighted by molar-refractivity contribution is -0.888. The molecule has 0 atom stereocenters. The minimum Gasteiger partial charge on any atom is -0.396 e. The first-order chi connectivity index (χ1) is 7.52. The lowest BCUT2D eigenvalue weighted by atomic mass is 10.3. The smallest absolute Gasteiger partial charge is 0.0912 e. The first-order valence-electron chi connectivity index (χ1n) is 6.28. The summed E-state index contributed by atoms with van der Waals surface area (Å²) in [5, 5.41) is 11.9. The zero-order valence-corrected chi connectivity index (χ0v) is 11.5. The molecule has 0 aromatic rings. The van der Waals surface area contributed by atoms with Gasteiger partial charge in [0.1, 0.15) is 0 Å². The van der Waals surface area contributed by atoms with Crippen molar-refractivity contribution in [1.29, 1.82) is 0 Å². The normalized spacial score (nSPS) is 12.4. The van der Waals surface area contributed by atoms with Gasteiger partial charge < -0.3 is 19.8 Å². The number of aliphatic hydroxyl groups excluding tert-OH is 1. The molecule has 0 fully saturated rings. The van der Waals surface area contributed by atoms with Gasteiger partial charge in [-0.3, -0.25) is 0 Å². The Morgan fingerprint density at radius 2 is 1.81 bits per heavy atom. The zero-order valence-electron chi connectivity index (χ0n) is 11.5. The zero-order chi connectivity index (χ0) is 12.4. The van der Waals surface area contributed by atoms with Crippen LogP contribution in [0.1, 0.15) is 12.8 Å². The number of aliphatic hydroxyl groups is 1. The van der Waals surface area contributed by atoms with Crippen molar-refractivity contribution < 1.29 is 9.59 Å². The van der Waals surface area contributed by atoms with Crippen molar-refractivity contribution in [2.24, 2.45) is 0 Å². The lowest BCUT2D eigenvalue weighted by Gasteiger charge is -2.31. The average molecular weight is 232 g/mol. The largest absolute Gasteiger partial charge is 0.396 e. The summed E-state index contributed by atoms with van der Waals surface area (Å²) >= 11 is 0. The molecular formula is C12H30N3O+. The SMILES string of the molecule is CNCC[N+](C)(C)CCN(C)CCCCO. The summed E-state index contributed by atoms with van der Waals surface area (Å²) in [5.74, 6) is 0. The Bertz CT molecular complexity index is 162. The van der Waals surface area contributed by atoms with Crippen LogP contribution in [0.15, 0.2) is 0 Å². The van der Waals surface area contributed by atoms with Crippen molar-refractivity contribution in [3.63, 3.8) is 0 Å². The van der Waals surface area contributed by atoms with Gasteiger partial charge in [0.15, 0.2) is 0 Å². The van der Waals surface area contributed by atoms with Crippen LogP contribution in [0.25, 0.3) is 0 Å². The van der Waals surface area contributed by atoms with Crippen molar-refractivity contribution in [2.45, 2.75) is 12.8 Å². The van der Waals surface area contributed by atoms with Gasteiger partial charge in [0.25, 0.3) is 0 Å². The van der Waals surface area contributed by atoms with E-state index in [0.717, 1.165) is 37.0 Å². The van der Waals surface area contributed by atoms with E-state index in [1.54, 1.807) is 0 Å². The molecule has 4 nitrogen and oxygen atoms in total. The highest BCUT2D eigenvalue weighted by atomic mass is 16.2. The third kappa shape index (κ3) is 9.09. The van der Waals surface area contributed by atoms with Crippen LogP contribution in [-0.2, 0) is 0 Å². The fraction of sp³-hybridized carbons (Fsp3) is 1.00. The molecular weight excluding hydrogens is 202 g/mol. The molecule has 0 aromatic heterocycles. The minimum absolute atomic E-state index is 0.317. The Labute approximate surface area is 101 Å². The number of nitrogens with zero attached hydrogens (tertiary/aromatic N) is 2. The molecule has 4 heteroatoms. The fourth-order valence-corrected chi connectivity index (χ4v) is 1.57. The summed E-state index contributed by atoms with van der Waals surface area (Å²) in [6.45, 7) is 5.95. The summed E-state index contributed by atoms with van der Waals surface area (Å²) in [5.41, 5.74) is 0. The molecule has 0 aliphatic heterocycles. The molecule has 98 valence electrons. The van der Waals surface area contributed by atoms with Crippen molar-refractivity contribution in [2.75, 3.05) is 67.5 Å². The maximum Gasteiger partial charge on any atom is 0.0912 e. The molecule has 0 spiro atoms. The quantitative estimate of drug-likeness (QED) is 0.411. The van der Waals surface area contributed by atoms with Crippen molar-refractivity contribution >= 4 is 0 Å². The van der Waals surface area contributed by atoms with E-state index >= 15 is 0 Å². The second-order valence-electron chi connectivity index (χ2n) is 5.22. The lowest BCUT2D eigenvalue weighted by Crippen LogP contribution is -2.48.